The van der Waals surface area contributed by atoms with Gasteiger partial charge in [0.15, 0.2) is 11.5 Å². The Morgan fingerprint density at radius 3 is 3.07 bits per heavy atom. The van der Waals surface area contributed by atoms with Crippen LogP contribution in [0.1, 0.15) is 12.6 Å². The molecule has 30 heavy (non-hydrogen) atoms. The second-order valence-electron chi connectivity index (χ2n) is 5.82. The molecule has 5 atom stereocenters. The van der Waals surface area contributed by atoms with Crippen LogP contribution in [0.5, 0.6) is 0 Å². The largest absolute Gasteiger partial charge is 0.479 e. The lowest BCUT2D eigenvalue weighted by Crippen LogP contribution is -2.29. The Labute approximate surface area is 169 Å². The van der Waals surface area contributed by atoms with E-state index in [1.165, 1.54) is 12.7 Å². The summed E-state index contributed by atoms with van der Waals surface area (Å²) in [5.41, 5.74) is 15.0. The van der Waals surface area contributed by atoms with Gasteiger partial charge >= 0.3 is 16.1 Å². The Hall–Kier alpha value is -2.12. The third-order valence-electron chi connectivity index (χ3n) is 4.05. The van der Waals surface area contributed by atoms with E-state index in [-0.39, 0.29) is 19.0 Å². The fourth-order valence-corrected chi connectivity index (χ4v) is 4.36. The highest BCUT2D eigenvalue weighted by Crippen LogP contribution is 2.52. The number of nitrogen functional groups attached to an aromatic ring is 1. The number of phosphoric acid groups is 1. The maximum atomic E-state index is 11.9. The van der Waals surface area contributed by atoms with Crippen molar-refractivity contribution >= 4 is 33.1 Å². The molecule has 16 nitrogen and oxygen atoms in total. The first-order chi connectivity index (χ1) is 14.3. The first-order valence-corrected chi connectivity index (χ1v) is 11.0. The van der Waals surface area contributed by atoms with Crippen LogP contribution < -0.4 is 5.73 Å². The van der Waals surface area contributed by atoms with Crippen molar-refractivity contribution in [2.45, 2.75) is 24.9 Å². The first-order valence-electron chi connectivity index (χ1n) is 8.30. The van der Waals surface area contributed by atoms with Gasteiger partial charge in [-0.2, -0.15) is 0 Å². The van der Waals surface area contributed by atoms with Crippen molar-refractivity contribution in [3.63, 3.8) is 0 Å². The van der Waals surface area contributed by atoms with Crippen LogP contribution in [0.15, 0.2) is 17.8 Å². The van der Waals surface area contributed by atoms with E-state index in [0.29, 0.717) is 11.2 Å². The second-order valence-corrected chi connectivity index (χ2v) is 8.66. The minimum atomic E-state index is -4.67. The quantitative estimate of drug-likeness (QED) is 0.221. The molecular formula is C12H18N8O8P2. The fraction of sp³-hybridized carbons (Fsp3) is 0.583. The molecule has 0 amide bonds. The number of azide groups is 1. The lowest BCUT2D eigenvalue weighted by molar-refractivity contribution is -0.0581. The lowest BCUT2D eigenvalue weighted by atomic mass is 10.2. The number of aromatic nitrogens is 4. The molecule has 3 rings (SSSR count). The number of anilines is 1. The van der Waals surface area contributed by atoms with Crippen LogP contribution in [0.2, 0.25) is 0 Å². The Kier molecular flexibility index (Phi) is 7.36. The number of nitrogens with two attached hydrogens (primary N) is 1. The summed E-state index contributed by atoms with van der Waals surface area (Å²) in [4.78, 5) is 24.4. The topological polar surface area (TPSA) is 219 Å². The van der Waals surface area contributed by atoms with E-state index in [2.05, 4.69) is 33.8 Å². The molecule has 164 valence electrons. The van der Waals surface area contributed by atoms with E-state index in [1.54, 1.807) is 4.57 Å². The zero-order chi connectivity index (χ0) is 21.7. The van der Waals surface area contributed by atoms with Crippen molar-refractivity contribution in [1.82, 2.24) is 19.5 Å². The van der Waals surface area contributed by atoms with Crippen LogP contribution in [0.4, 0.5) is 5.82 Å². The molecule has 0 aromatic carbocycles. The zero-order valence-corrected chi connectivity index (χ0v) is 17.4. The second kappa shape index (κ2) is 9.79. The number of ether oxygens (including phenoxy) is 2. The van der Waals surface area contributed by atoms with Crippen molar-refractivity contribution in [1.29, 1.82) is 0 Å². The molecule has 0 bridgehead atoms. The third-order valence-corrected chi connectivity index (χ3v) is 6.37. The van der Waals surface area contributed by atoms with Crippen LogP contribution in [0.3, 0.4) is 0 Å². The summed E-state index contributed by atoms with van der Waals surface area (Å²) in [6.07, 6.45) is 0.782. The Morgan fingerprint density at radius 2 is 2.33 bits per heavy atom. The molecule has 3 heterocycles. The van der Waals surface area contributed by atoms with Gasteiger partial charge in [-0.1, -0.05) is 5.11 Å². The number of fused-ring (bicyclic) bond motifs is 1. The monoisotopic (exact) mass is 464 g/mol. The minimum absolute atomic E-state index is 0.194. The molecule has 1 aliphatic rings. The van der Waals surface area contributed by atoms with E-state index < -0.39 is 41.1 Å². The molecule has 1 fully saturated rings. The summed E-state index contributed by atoms with van der Waals surface area (Å²) in [5, 5.41) is 3.30. The van der Waals surface area contributed by atoms with E-state index in [0.717, 1.165) is 7.11 Å². The van der Waals surface area contributed by atoms with Gasteiger partial charge in [0.1, 0.15) is 30.9 Å². The molecule has 0 saturated carbocycles. The highest BCUT2D eigenvalue weighted by Gasteiger charge is 2.40. The SMILES string of the molecule is CO[PH](=O)OP(=O)(O)OC[C@H]1O[C@@H](n2cnc3c(N)ncnc32)C[C@@H]1OCN=[N+]=[N-]. The molecular weight excluding hydrogens is 446 g/mol. The smallest absolute Gasteiger partial charge is 0.382 e. The number of nitrogens with zero attached hydrogens (tertiary/aromatic N) is 7. The van der Waals surface area contributed by atoms with Gasteiger partial charge in [-0.3, -0.25) is 13.7 Å². The van der Waals surface area contributed by atoms with Crippen molar-refractivity contribution < 1.29 is 36.9 Å². The average Bonchev–Trinajstić information content (AvgIpc) is 3.31. The molecule has 2 aromatic heterocycles. The van der Waals surface area contributed by atoms with Crippen molar-refractivity contribution in [2.75, 3.05) is 26.2 Å². The van der Waals surface area contributed by atoms with Crippen LogP contribution >= 0.6 is 16.1 Å². The molecule has 1 aliphatic heterocycles. The zero-order valence-electron chi connectivity index (χ0n) is 15.5. The van der Waals surface area contributed by atoms with Gasteiger partial charge in [-0.15, -0.1) is 0 Å². The van der Waals surface area contributed by atoms with Gasteiger partial charge in [-0.25, -0.2) is 23.8 Å². The Morgan fingerprint density at radius 1 is 1.53 bits per heavy atom. The number of rotatable bonds is 10. The predicted octanol–water partition coefficient (Wildman–Crippen LogP) is 1.52. The molecule has 0 radical (unpaired) electrons. The molecule has 2 unspecified atom stereocenters. The highest BCUT2D eigenvalue weighted by molar-refractivity contribution is 7.56. The summed E-state index contributed by atoms with van der Waals surface area (Å²) in [6, 6.07) is 0. The number of hydrogen-bond donors (Lipinski definition) is 2. The van der Waals surface area contributed by atoms with Gasteiger partial charge in [0, 0.05) is 18.4 Å². The summed E-state index contributed by atoms with van der Waals surface area (Å²) < 4.78 is 49.6. The molecule has 3 N–H and O–H groups in total. The normalized spacial score (nSPS) is 24.4. The molecule has 0 aliphatic carbocycles. The summed E-state index contributed by atoms with van der Waals surface area (Å²) in [5.74, 6) is 0.194. The van der Waals surface area contributed by atoms with E-state index in [9.17, 15) is 14.0 Å². The average molecular weight is 464 g/mol. The van der Waals surface area contributed by atoms with Crippen molar-refractivity contribution in [3.05, 3.63) is 23.1 Å². The van der Waals surface area contributed by atoms with Gasteiger partial charge in [0.2, 0.25) is 0 Å². The Balaban J connectivity index is 1.75. The van der Waals surface area contributed by atoms with Crippen LogP contribution in [0, 0.1) is 0 Å². The summed E-state index contributed by atoms with van der Waals surface area (Å²) in [6.45, 7) is -0.744. The number of hydrogen-bond acceptors (Lipinski definition) is 12. The highest BCUT2D eigenvalue weighted by atomic mass is 31.2. The van der Waals surface area contributed by atoms with Crippen LogP contribution in [0.25, 0.3) is 21.6 Å². The van der Waals surface area contributed by atoms with Crippen molar-refractivity contribution in [3.8, 4) is 0 Å². The first kappa shape index (κ1) is 22.6. The molecule has 1 saturated heterocycles. The van der Waals surface area contributed by atoms with Gasteiger partial charge < -0.3 is 24.6 Å². The number of phosphoric ester groups is 1. The maximum absolute atomic E-state index is 11.9. The van der Waals surface area contributed by atoms with Crippen LogP contribution in [-0.4, -0.2) is 57.1 Å². The maximum Gasteiger partial charge on any atom is 0.479 e. The Bertz CT molecular complexity index is 1010. The third kappa shape index (κ3) is 5.32. The summed E-state index contributed by atoms with van der Waals surface area (Å²) in [7, 11) is -6.80. The fourth-order valence-electron chi connectivity index (χ4n) is 2.76. The number of imidazole rings is 1. The van der Waals surface area contributed by atoms with E-state index in [1.807, 2.05) is 0 Å². The van der Waals surface area contributed by atoms with E-state index in [4.69, 9.17) is 25.3 Å². The standard InChI is InChI=1S/C12H18N8O8P2/c1-24-29(21)28-30(22,23)26-3-8-7(25-6-18-19-14)2-9(27-8)20-5-17-10-11(13)15-4-16-12(10)20/h4-5,7-9,29H,2-3,6H2,1H3,(H,22,23)(H2,13,15,16)/t7-,8+,9+/m0/s1. The van der Waals surface area contributed by atoms with Gasteiger partial charge in [-0.05, 0) is 5.53 Å². The van der Waals surface area contributed by atoms with Crippen LogP contribution in [-0.2, 0) is 32.0 Å². The van der Waals surface area contributed by atoms with Gasteiger partial charge in [0.25, 0.3) is 0 Å². The molecule has 0 spiro atoms. The van der Waals surface area contributed by atoms with Gasteiger partial charge in [0.05, 0.1) is 19.0 Å². The minimum Gasteiger partial charge on any atom is -0.382 e. The molecule has 18 heteroatoms. The van der Waals surface area contributed by atoms with Crippen molar-refractivity contribution in [2.24, 2.45) is 5.11 Å². The predicted molar refractivity (Wildman–Crippen MR) is 100 cm³/mol. The lowest BCUT2D eigenvalue weighted by Gasteiger charge is -2.19. The summed E-state index contributed by atoms with van der Waals surface area (Å²) >= 11 is 0. The molecule has 2 aromatic rings. The van der Waals surface area contributed by atoms with E-state index >= 15 is 0 Å².